The van der Waals surface area contributed by atoms with Gasteiger partial charge in [0.05, 0.1) is 18.0 Å². The number of likely N-dealkylation sites (tertiary alicyclic amines) is 2. The molecule has 2 saturated heterocycles. The molecule has 0 bridgehead atoms. The number of nitrogens with one attached hydrogen (secondary N) is 1. The van der Waals surface area contributed by atoms with Gasteiger partial charge >= 0.3 is 0 Å². The highest BCUT2D eigenvalue weighted by molar-refractivity contribution is 7.83. The summed E-state index contributed by atoms with van der Waals surface area (Å²) in [5.74, 6) is 0.364. The molecule has 3 rings (SSSR count). The summed E-state index contributed by atoms with van der Waals surface area (Å²) in [5, 5.41) is 5.08. The van der Waals surface area contributed by atoms with Crippen LogP contribution in [0.5, 0.6) is 0 Å². The van der Waals surface area contributed by atoms with Crippen molar-refractivity contribution in [3.05, 3.63) is 47.9 Å². The molecule has 0 radical (unpaired) electrons. The van der Waals surface area contributed by atoms with Gasteiger partial charge in [-0.15, -0.1) is 0 Å². The second-order valence-corrected chi connectivity index (χ2v) is 9.68. The Balaban J connectivity index is 0.00000181. The molecular formula is C31H52N4O3S. The first-order valence-corrected chi connectivity index (χ1v) is 15.1. The smallest absolute Gasteiger partial charge is 0.225 e. The highest BCUT2D eigenvalue weighted by atomic mass is 32.1. The van der Waals surface area contributed by atoms with Crippen LogP contribution in [0.4, 0.5) is 11.4 Å². The average molecular weight is 561 g/mol. The number of anilines is 2. The Hall–Kier alpha value is -2.29. The summed E-state index contributed by atoms with van der Waals surface area (Å²) in [6, 6.07) is 7.96. The predicted molar refractivity (Wildman–Crippen MR) is 169 cm³/mol. The number of thiol groups is 1. The predicted octanol–water partition coefficient (Wildman–Crippen LogP) is 5.85. The lowest BCUT2D eigenvalue weighted by atomic mass is 9.95. The van der Waals surface area contributed by atoms with Crippen LogP contribution >= 0.6 is 12.6 Å². The maximum atomic E-state index is 13.3. The fourth-order valence-electron chi connectivity index (χ4n) is 5.09. The zero-order valence-corrected chi connectivity index (χ0v) is 25.8. The topological polar surface area (TPSA) is 65.1 Å². The molecule has 1 aromatic rings. The van der Waals surface area contributed by atoms with Gasteiger partial charge in [-0.2, -0.15) is 12.6 Å². The number of hydrogen-bond donors (Lipinski definition) is 2. The minimum absolute atomic E-state index is 0.0726. The quantitative estimate of drug-likeness (QED) is 0.154. The lowest BCUT2D eigenvalue weighted by Gasteiger charge is -2.34. The Morgan fingerprint density at radius 1 is 1.10 bits per heavy atom. The van der Waals surface area contributed by atoms with Crippen molar-refractivity contribution in [2.24, 2.45) is 5.92 Å². The minimum atomic E-state index is 0.0726. The van der Waals surface area contributed by atoms with Crippen molar-refractivity contribution in [2.45, 2.75) is 65.8 Å². The van der Waals surface area contributed by atoms with Crippen LogP contribution in [0.25, 0.3) is 0 Å². The SMILES string of the molecule is C=C(/C=C\S)CN1CCC(C(=O)N2CCCC(N(C=O)c3ccccc3NCCOC)CC2)CC1.CC.CC. The summed E-state index contributed by atoms with van der Waals surface area (Å²) in [4.78, 5) is 31.7. The van der Waals surface area contributed by atoms with Gasteiger partial charge in [-0.05, 0) is 68.3 Å². The zero-order chi connectivity index (χ0) is 29.0. The van der Waals surface area contributed by atoms with E-state index in [4.69, 9.17) is 4.74 Å². The van der Waals surface area contributed by atoms with Gasteiger partial charge in [-0.3, -0.25) is 14.5 Å². The number of rotatable bonds is 11. The largest absolute Gasteiger partial charge is 0.383 e. The third-order valence-electron chi connectivity index (χ3n) is 6.99. The lowest BCUT2D eigenvalue weighted by Crippen LogP contribution is -2.43. The molecule has 39 heavy (non-hydrogen) atoms. The zero-order valence-electron chi connectivity index (χ0n) is 24.9. The molecule has 2 amide bonds. The van der Waals surface area contributed by atoms with Crippen molar-refractivity contribution in [1.29, 1.82) is 0 Å². The Morgan fingerprint density at radius 3 is 2.44 bits per heavy atom. The van der Waals surface area contributed by atoms with Crippen molar-refractivity contribution in [2.75, 3.05) is 63.2 Å². The van der Waals surface area contributed by atoms with Crippen LogP contribution in [0.1, 0.15) is 59.8 Å². The van der Waals surface area contributed by atoms with E-state index in [0.29, 0.717) is 19.7 Å². The molecule has 2 heterocycles. The molecule has 7 nitrogen and oxygen atoms in total. The number of benzene rings is 1. The molecule has 220 valence electrons. The first-order chi connectivity index (χ1) is 19.1. The molecule has 1 atom stereocenters. The van der Waals surface area contributed by atoms with E-state index in [1.54, 1.807) is 12.5 Å². The number of methoxy groups -OCH3 is 1. The Bertz CT molecular complexity index is 871. The van der Waals surface area contributed by atoms with Crippen LogP contribution < -0.4 is 10.2 Å². The van der Waals surface area contributed by atoms with Crippen LogP contribution in [0, 0.1) is 5.92 Å². The van der Waals surface area contributed by atoms with Crippen LogP contribution in [-0.4, -0.2) is 81.1 Å². The molecule has 2 aliphatic heterocycles. The molecule has 0 saturated carbocycles. The second-order valence-electron chi connectivity index (χ2n) is 9.38. The van der Waals surface area contributed by atoms with E-state index >= 15 is 0 Å². The van der Waals surface area contributed by atoms with Crippen molar-refractivity contribution >= 4 is 36.3 Å². The number of hydrogen-bond acceptors (Lipinski definition) is 6. The summed E-state index contributed by atoms with van der Waals surface area (Å²) in [7, 11) is 1.67. The number of ether oxygens (including phenoxy) is 1. The second kappa shape index (κ2) is 20.6. The summed E-state index contributed by atoms with van der Waals surface area (Å²) < 4.78 is 5.14. The molecule has 2 fully saturated rings. The molecule has 0 aromatic heterocycles. The van der Waals surface area contributed by atoms with Crippen LogP contribution in [-0.2, 0) is 14.3 Å². The van der Waals surface area contributed by atoms with Gasteiger partial charge < -0.3 is 19.9 Å². The lowest BCUT2D eigenvalue weighted by molar-refractivity contribution is -0.137. The Morgan fingerprint density at radius 2 is 1.79 bits per heavy atom. The first-order valence-electron chi connectivity index (χ1n) is 14.6. The van der Waals surface area contributed by atoms with Crippen molar-refractivity contribution in [1.82, 2.24) is 9.80 Å². The number of nitrogens with zero attached hydrogens (tertiary/aromatic N) is 3. The van der Waals surface area contributed by atoms with E-state index in [0.717, 1.165) is 81.6 Å². The van der Waals surface area contributed by atoms with Gasteiger partial charge in [-0.1, -0.05) is 52.5 Å². The fraction of sp³-hybridized carbons (Fsp3) is 0.613. The summed E-state index contributed by atoms with van der Waals surface area (Å²) >= 11 is 4.11. The van der Waals surface area contributed by atoms with Gasteiger partial charge in [-0.25, -0.2) is 0 Å². The summed E-state index contributed by atoms with van der Waals surface area (Å²) in [6.45, 7) is 17.4. The molecule has 0 aliphatic carbocycles. The number of amides is 2. The standard InChI is InChI=1S/C27H40N4O3S.2C2H6/c1-22(12-19-35)20-29-15-9-23(10-16-29)27(33)30-14-5-6-24(11-17-30)31(21-32)26-8-4-3-7-25(26)28-13-18-34-2;2*1-2/h3-4,7-8,12,19,21,23-24,28,35H,1,5-6,9-11,13-18,20H2,2H3;2*1-2H3/b19-12-;;. The number of piperidine rings is 1. The van der Waals surface area contributed by atoms with Gasteiger partial charge in [0, 0.05) is 45.2 Å². The summed E-state index contributed by atoms with van der Waals surface area (Å²) in [5.41, 5.74) is 2.84. The molecule has 1 N–H and O–H groups in total. The molecule has 1 aromatic carbocycles. The van der Waals surface area contributed by atoms with Crippen LogP contribution in [0.3, 0.4) is 0 Å². The number of carbonyl (C=O) groups is 2. The highest BCUT2D eigenvalue weighted by Crippen LogP contribution is 2.30. The molecule has 8 heteroatoms. The van der Waals surface area contributed by atoms with Crippen molar-refractivity contribution < 1.29 is 14.3 Å². The van der Waals surface area contributed by atoms with E-state index in [1.807, 2.05) is 67.8 Å². The molecule has 2 aliphatic rings. The van der Waals surface area contributed by atoms with Crippen molar-refractivity contribution in [3.8, 4) is 0 Å². The van der Waals surface area contributed by atoms with Gasteiger partial charge in [0.25, 0.3) is 0 Å². The number of carbonyl (C=O) groups excluding carboxylic acids is 2. The van der Waals surface area contributed by atoms with Gasteiger partial charge in [0.2, 0.25) is 12.3 Å². The normalized spacial score (nSPS) is 18.2. The Labute approximate surface area is 243 Å². The number of para-hydroxylation sites is 2. The third-order valence-corrected chi connectivity index (χ3v) is 7.14. The highest BCUT2D eigenvalue weighted by Gasteiger charge is 2.31. The molecular weight excluding hydrogens is 508 g/mol. The van der Waals surface area contributed by atoms with E-state index in [2.05, 4.69) is 29.4 Å². The third kappa shape index (κ3) is 11.4. The van der Waals surface area contributed by atoms with E-state index < -0.39 is 0 Å². The van der Waals surface area contributed by atoms with Gasteiger partial charge in [0.1, 0.15) is 0 Å². The monoisotopic (exact) mass is 560 g/mol. The van der Waals surface area contributed by atoms with Crippen molar-refractivity contribution in [3.63, 3.8) is 0 Å². The molecule has 0 spiro atoms. The minimum Gasteiger partial charge on any atom is -0.383 e. The first kappa shape index (κ1) is 34.7. The van der Waals surface area contributed by atoms with E-state index in [-0.39, 0.29) is 17.9 Å². The van der Waals surface area contributed by atoms with Crippen LogP contribution in [0.15, 0.2) is 47.9 Å². The van der Waals surface area contributed by atoms with Crippen LogP contribution in [0.2, 0.25) is 0 Å². The Kier molecular flexibility index (Phi) is 18.3. The average Bonchev–Trinajstić information content (AvgIpc) is 3.23. The maximum absolute atomic E-state index is 13.3. The fourth-order valence-corrected chi connectivity index (χ4v) is 5.31. The summed E-state index contributed by atoms with van der Waals surface area (Å²) in [6.07, 6.45) is 7.19. The van der Waals surface area contributed by atoms with E-state index in [9.17, 15) is 9.59 Å². The molecule has 1 unspecified atom stereocenters. The van der Waals surface area contributed by atoms with E-state index in [1.165, 1.54) is 0 Å². The van der Waals surface area contributed by atoms with Gasteiger partial charge in [0.15, 0.2) is 0 Å². The maximum Gasteiger partial charge on any atom is 0.225 e.